The molecule has 3 heterocycles. The van der Waals surface area contributed by atoms with E-state index in [9.17, 15) is 9.59 Å². The molecule has 120 valence electrons. The third-order valence-corrected chi connectivity index (χ3v) is 4.60. The highest BCUT2D eigenvalue weighted by molar-refractivity contribution is 7.12. The number of amides is 2. The molecule has 2 atom stereocenters. The molecular formula is C16H17N3O3S. The zero-order chi connectivity index (χ0) is 16.2. The number of likely N-dealkylation sites (tertiary alicyclic amines) is 1. The Hall–Kier alpha value is -2.41. The summed E-state index contributed by atoms with van der Waals surface area (Å²) < 4.78 is 5.86. The van der Waals surface area contributed by atoms with E-state index >= 15 is 0 Å². The highest BCUT2D eigenvalue weighted by Crippen LogP contribution is 2.25. The topological polar surface area (TPSA) is 71.5 Å². The summed E-state index contributed by atoms with van der Waals surface area (Å²) in [6, 6.07) is 6.67. The Kier molecular flexibility index (Phi) is 4.57. The minimum absolute atomic E-state index is 0.133. The first-order chi connectivity index (χ1) is 11.2. The Labute approximate surface area is 138 Å². The van der Waals surface area contributed by atoms with Crippen molar-refractivity contribution >= 4 is 23.2 Å². The van der Waals surface area contributed by atoms with Gasteiger partial charge in [-0.15, -0.1) is 11.3 Å². The number of pyridine rings is 1. The van der Waals surface area contributed by atoms with Crippen molar-refractivity contribution < 1.29 is 14.3 Å². The molecule has 0 bridgehead atoms. The molecule has 6 nitrogen and oxygen atoms in total. The van der Waals surface area contributed by atoms with Gasteiger partial charge in [0, 0.05) is 19.7 Å². The summed E-state index contributed by atoms with van der Waals surface area (Å²) in [5, 5.41) is 4.47. The Morgan fingerprint density at radius 1 is 1.39 bits per heavy atom. The van der Waals surface area contributed by atoms with E-state index in [4.69, 9.17) is 4.74 Å². The summed E-state index contributed by atoms with van der Waals surface area (Å²) in [5.41, 5.74) is 0. The molecule has 7 heteroatoms. The molecular weight excluding hydrogens is 314 g/mol. The quantitative estimate of drug-likeness (QED) is 0.923. The van der Waals surface area contributed by atoms with Crippen LogP contribution in [0.3, 0.4) is 0 Å². The van der Waals surface area contributed by atoms with Crippen LogP contribution in [0, 0.1) is 0 Å². The molecule has 3 rings (SSSR count). The van der Waals surface area contributed by atoms with Gasteiger partial charge in [0.2, 0.25) is 5.91 Å². The van der Waals surface area contributed by atoms with Gasteiger partial charge in [0.1, 0.15) is 17.9 Å². The zero-order valence-corrected chi connectivity index (χ0v) is 13.5. The molecule has 1 aliphatic heterocycles. The van der Waals surface area contributed by atoms with Crippen LogP contribution in [-0.4, -0.2) is 47.4 Å². The van der Waals surface area contributed by atoms with Gasteiger partial charge in [-0.1, -0.05) is 6.07 Å². The molecule has 1 N–H and O–H groups in total. The van der Waals surface area contributed by atoms with Crippen LogP contribution in [-0.2, 0) is 4.79 Å². The molecule has 2 aromatic rings. The summed E-state index contributed by atoms with van der Waals surface area (Å²) in [5.74, 6) is 0.330. The molecule has 23 heavy (non-hydrogen) atoms. The number of thiophene rings is 1. The normalized spacial score (nSPS) is 20.3. The van der Waals surface area contributed by atoms with E-state index < -0.39 is 6.04 Å². The number of hydrogen-bond acceptors (Lipinski definition) is 5. The van der Waals surface area contributed by atoms with Crippen LogP contribution in [0.1, 0.15) is 16.1 Å². The number of carbonyl (C=O) groups is 2. The maximum Gasteiger partial charge on any atom is 0.264 e. The lowest BCUT2D eigenvalue weighted by Crippen LogP contribution is -2.44. The SMILES string of the molecule is CNC(=O)[C@@H]1C[C@H](Oc2cccnc2)CN1C(=O)c1cccs1. The molecule has 0 spiro atoms. The van der Waals surface area contributed by atoms with Crippen molar-refractivity contribution in [3.05, 3.63) is 46.9 Å². The fraction of sp³-hybridized carbons (Fsp3) is 0.312. The second-order valence-electron chi connectivity index (χ2n) is 5.23. The van der Waals surface area contributed by atoms with Gasteiger partial charge < -0.3 is 15.0 Å². The molecule has 2 aromatic heterocycles. The van der Waals surface area contributed by atoms with Crippen LogP contribution < -0.4 is 10.1 Å². The summed E-state index contributed by atoms with van der Waals surface area (Å²) in [7, 11) is 1.57. The molecule has 0 unspecified atom stereocenters. The van der Waals surface area contributed by atoms with Crippen LogP contribution in [0.5, 0.6) is 5.75 Å². The minimum atomic E-state index is -0.517. The second-order valence-corrected chi connectivity index (χ2v) is 6.18. The lowest BCUT2D eigenvalue weighted by atomic mass is 10.2. The van der Waals surface area contributed by atoms with Crippen LogP contribution >= 0.6 is 11.3 Å². The van der Waals surface area contributed by atoms with E-state index in [0.717, 1.165) is 0 Å². The first-order valence-electron chi connectivity index (χ1n) is 7.32. The number of carbonyl (C=O) groups excluding carboxylic acids is 2. The molecule has 0 aliphatic carbocycles. The van der Waals surface area contributed by atoms with Gasteiger partial charge in [0.15, 0.2) is 0 Å². The van der Waals surface area contributed by atoms with E-state index in [-0.39, 0.29) is 17.9 Å². The van der Waals surface area contributed by atoms with Gasteiger partial charge in [-0.25, -0.2) is 0 Å². The Bertz CT molecular complexity index is 675. The average molecular weight is 331 g/mol. The molecule has 2 amide bonds. The maximum atomic E-state index is 12.6. The second kappa shape index (κ2) is 6.78. The fourth-order valence-electron chi connectivity index (χ4n) is 2.67. The zero-order valence-electron chi connectivity index (χ0n) is 12.6. The number of likely N-dealkylation sites (N-methyl/N-ethyl adjacent to an activating group) is 1. The van der Waals surface area contributed by atoms with E-state index in [1.807, 2.05) is 17.5 Å². The summed E-state index contributed by atoms with van der Waals surface area (Å²) >= 11 is 1.37. The summed E-state index contributed by atoms with van der Waals surface area (Å²) in [4.78, 5) is 31.0. The largest absolute Gasteiger partial charge is 0.487 e. The number of nitrogens with zero attached hydrogens (tertiary/aromatic N) is 2. The average Bonchev–Trinajstić information content (AvgIpc) is 3.24. The Balaban J connectivity index is 1.77. The van der Waals surface area contributed by atoms with Crippen LogP contribution in [0.2, 0.25) is 0 Å². The van der Waals surface area contributed by atoms with Gasteiger partial charge in [-0.3, -0.25) is 14.6 Å². The maximum absolute atomic E-state index is 12.6. The molecule has 0 radical (unpaired) electrons. The first-order valence-corrected chi connectivity index (χ1v) is 8.19. The smallest absolute Gasteiger partial charge is 0.264 e. The van der Waals surface area contributed by atoms with Crippen molar-refractivity contribution in [2.75, 3.05) is 13.6 Å². The lowest BCUT2D eigenvalue weighted by molar-refractivity contribution is -0.124. The number of ether oxygens (including phenoxy) is 1. The summed E-state index contributed by atoms with van der Waals surface area (Å²) in [6.07, 6.45) is 3.52. The standard InChI is InChI=1S/C16H17N3O3S/c1-17-15(20)13-8-12(22-11-4-2-6-18-9-11)10-19(13)16(21)14-5-3-7-23-14/h2-7,9,12-13H,8,10H2,1H3,(H,17,20)/t12-,13-/m0/s1. The van der Waals surface area contributed by atoms with Crippen LogP contribution in [0.15, 0.2) is 42.0 Å². The van der Waals surface area contributed by atoms with Crippen molar-refractivity contribution in [3.8, 4) is 5.75 Å². The molecule has 0 aromatic carbocycles. The van der Waals surface area contributed by atoms with Crippen molar-refractivity contribution in [2.45, 2.75) is 18.6 Å². The van der Waals surface area contributed by atoms with E-state index in [1.54, 1.807) is 36.5 Å². The lowest BCUT2D eigenvalue weighted by Gasteiger charge is -2.22. The number of hydrogen-bond donors (Lipinski definition) is 1. The number of aromatic nitrogens is 1. The van der Waals surface area contributed by atoms with E-state index in [0.29, 0.717) is 23.6 Å². The first kappa shape index (κ1) is 15.5. The van der Waals surface area contributed by atoms with Gasteiger partial charge in [0.25, 0.3) is 5.91 Å². The predicted molar refractivity (Wildman–Crippen MR) is 86.5 cm³/mol. The highest BCUT2D eigenvalue weighted by Gasteiger charge is 2.40. The van der Waals surface area contributed by atoms with E-state index in [2.05, 4.69) is 10.3 Å². The molecule has 1 saturated heterocycles. The van der Waals surface area contributed by atoms with Gasteiger partial charge in [0.05, 0.1) is 17.6 Å². The van der Waals surface area contributed by atoms with Crippen molar-refractivity contribution in [2.24, 2.45) is 0 Å². The third-order valence-electron chi connectivity index (χ3n) is 3.74. The van der Waals surface area contributed by atoms with Gasteiger partial charge in [-0.05, 0) is 23.6 Å². The van der Waals surface area contributed by atoms with Gasteiger partial charge >= 0.3 is 0 Å². The molecule has 1 fully saturated rings. The molecule has 0 saturated carbocycles. The highest BCUT2D eigenvalue weighted by atomic mass is 32.1. The van der Waals surface area contributed by atoms with Crippen LogP contribution in [0.4, 0.5) is 0 Å². The number of rotatable bonds is 4. The van der Waals surface area contributed by atoms with Crippen molar-refractivity contribution in [1.82, 2.24) is 15.2 Å². The third kappa shape index (κ3) is 3.34. The monoisotopic (exact) mass is 331 g/mol. The Morgan fingerprint density at radius 3 is 2.91 bits per heavy atom. The van der Waals surface area contributed by atoms with E-state index in [1.165, 1.54) is 11.3 Å². The van der Waals surface area contributed by atoms with Gasteiger partial charge in [-0.2, -0.15) is 0 Å². The van der Waals surface area contributed by atoms with Crippen molar-refractivity contribution in [3.63, 3.8) is 0 Å². The van der Waals surface area contributed by atoms with Crippen molar-refractivity contribution in [1.29, 1.82) is 0 Å². The number of nitrogens with one attached hydrogen (secondary N) is 1. The predicted octanol–water partition coefficient (Wildman–Crippen LogP) is 1.55. The fourth-order valence-corrected chi connectivity index (χ4v) is 3.35. The molecule has 1 aliphatic rings. The van der Waals surface area contributed by atoms with Crippen LogP contribution in [0.25, 0.3) is 0 Å². The minimum Gasteiger partial charge on any atom is -0.487 e. The Morgan fingerprint density at radius 2 is 2.26 bits per heavy atom. The summed E-state index contributed by atoms with van der Waals surface area (Å²) in [6.45, 7) is 0.379.